The molecule has 0 saturated carbocycles. The summed E-state index contributed by atoms with van der Waals surface area (Å²) in [6.07, 6.45) is 12.1. The van der Waals surface area contributed by atoms with Crippen molar-refractivity contribution in [2.75, 3.05) is 13.2 Å². The lowest BCUT2D eigenvalue weighted by molar-refractivity contribution is -0.143. The lowest BCUT2D eigenvalue weighted by Gasteiger charge is -2.39. The molecule has 2 N–H and O–H groups in total. The van der Waals surface area contributed by atoms with Gasteiger partial charge in [-0.1, -0.05) is 30.7 Å². The molecular formula is C30H46N2O7. The van der Waals surface area contributed by atoms with Gasteiger partial charge in [0.1, 0.15) is 6.10 Å². The van der Waals surface area contributed by atoms with Gasteiger partial charge < -0.3 is 29.6 Å². The number of carbonyl (C=O) groups is 3. The number of nitrogens with one attached hydrogen (secondary N) is 2. The number of ether oxygens (including phenoxy) is 4. The fourth-order valence-corrected chi connectivity index (χ4v) is 5.35. The van der Waals surface area contributed by atoms with E-state index in [-0.39, 0.29) is 59.8 Å². The van der Waals surface area contributed by atoms with E-state index in [1.165, 1.54) is 13.0 Å². The summed E-state index contributed by atoms with van der Waals surface area (Å²) in [5.74, 6) is -0.321. The highest BCUT2D eigenvalue weighted by atomic mass is 16.6. The van der Waals surface area contributed by atoms with Gasteiger partial charge in [0.2, 0.25) is 11.8 Å². The highest BCUT2D eigenvalue weighted by molar-refractivity contribution is 5.87. The van der Waals surface area contributed by atoms with Crippen molar-refractivity contribution in [1.29, 1.82) is 0 Å². The molecule has 9 nitrogen and oxygen atoms in total. The first kappa shape index (κ1) is 31.0. The van der Waals surface area contributed by atoms with Crippen LogP contribution in [0.2, 0.25) is 0 Å². The summed E-state index contributed by atoms with van der Waals surface area (Å²) in [7, 11) is 0. The second-order valence-electron chi connectivity index (χ2n) is 11.3. The SMILES string of the molecule is CCNC(=O)C[C@@H]1C[C@@]2(CO2)C[C@@H](/C=C/C(C)=C/C[C@@H]2O[C@H](C)[C@H](NC(=O)/C=C\[C@H](C)OC(C)=O)C[C@@H]2C)O1. The zero-order valence-corrected chi connectivity index (χ0v) is 24.2. The van der Waals surface area contributed by atoms with Crippen molar-refractivity contribution < 1.29 is 33.3 Å². The van der Waals surface area contributed by atoms with Crippen molar-refractivity contribution in [3.05, 3.63) is 36.0 Å². The van der Waals surface area contributed by atoms with Crippen LogP contribution in [0.15, 0.2) is 36.0 Å². The van der Waals surface area contributed by atoms with Gasteiger partial charge in [0, 0.05) is 32.4 Å². The molecule has 3 rings (SSSR count). The number of hydrogen-bond donors (Lipinski definition) is 2. The van der Waals surface area contributed by atoms with E-state index in [1.807, 2.05) is 13.8 Å². The molecule has 0 aliphatic carbocycles. The number of amides is 2. The largest absolute Gasteiger partial charge is 0.459 e. The fourth-order valence-electron chi connectivity index (χ4n) is 5.35. The molecule has 3 aliphatic heterocycles. The Morgan fingerprint density at radius 2 is 1.87 bits per heavy atom. The van der Waals surface area contributed by atoms with E-state index >= 15 is 0 Å². The molecule has 3 aliphatic rings. The van der Waals surface area contributed by atoms with Crippen LogP contribution >= 0.6 is 0 Å². The van der Waals surface area contributed by atoms with Crippen LogP contribution in [0, 0.1) is 5.92 Å². The van der Waals surface area contributed by atoms with Crippen molar-refractivity contribution >= 4 is 17.8 Å². The van der Waals surface area contributed by atoms with E-state index in [9.17, 15) is 14.4 Å². The minimum atomic E-state index is -0.456. The Morgan fingerprint density at radius 1 is 1.13 bits per heavy atom. The Kier molecular flexibility index (Phi) is 11.3. The van der Waals surface area contributed by atoms with Gasteiger partial charge in [-0.3, -0.25) is 14.4 Å². The van der Waals surface area contributed by atoms with Crippen LogP contribution in [0.5, 0.6) is 0 Å². The first-order valence-electron chi connectivity index (χ1n) is 14.2. The van der Waals surface area contributed by atoms with Gasteiger partial charge >= 0.3 is 5.97 Å². The smallest absolute Gasteiger partial charge is 0.303 e. The van der Waals surface area contributed by atoms with Crippen LogP contribution < -0.4 is 10.6 Å². The van der Waals surface area contributed by atoms with Crippen molar-refractivity contribution in [2.45, 2.75) is 116 Å². The molecular weight excluding hydrogens is 500 g/mol. The lowest BCUT2D eigenvalue weighted by Crippen LogP contribution is -2.50. The van der Waals surface area contributed by atoms with Crippen LogP contribution in [0.4, 0.5) is 0 Å². The van der Waals surface area contributed by atoms with Crippen molar-refractivity contribution in [3.8, 4) is 0 Å². The topological polar surface area (TPSA) is 115 Å². The minimum Gasteiger partial charge on any atom is -0.459 e. The molecule has 9 heteroatoms. The average Bonchev–Trinajstić information content (AvgIpc) is 3.59. The number of carbonyl (C=O) groups excluding carboxylic acids is 3. The van der Waals surface area contributed by atoms with Gasteiger partial charge in [-0.15, -0.1) is 0 Å². The van der Waals surface area contributed by atoms with E-state index < -0.39 is 6.10 Å². The molecule has 0 bridgehead atoms. The molecule has 3 saturated heterocycles. The minimum absolute atomic E-state index is 0.0157. The number of epoxide rings is 1. The van der Waals surface area contributed by atoms with Gasteiger partial charge in [0.15, 0.2) is 0 Å². The van der Waals surface area contributed by atoms with Crippen molar-refractivity contribution in [3.63, 3.8) is 0 Å². The molecule has 2 amide bonds. The zero-order chi connectivity index (χ0) is 28.6. The van der Waals surface area contributed by atoms with Crippen LogP contribution in [-0.2, 0) is 33.3 Å². The summed E-state index contributed by atoms with van der Waals surface area (Å²) in [6.45, 7) is 12.5. The van der Waals surface area contributed by atoms with E-state index in [0.29, 0.717) is 13.0 Å². The second-order valence-corrected chi connectivity index (χ2v) is 11.3. The third-order valence-corrected chi connectivity index (χ3v) is 7.54. The number of esters is 1. The first-order chi connectivity index (χ1) is 18.5. The predicted octanol–water partition coefficient (Wildman–Crippen LogP) is 3.53. The molecule has 0 aromatic rings. The molecule has 0 radical (unpaired) electrons. The molecule has 3 fully saturated rings. The maximum atomic E-state index is 12.3. The monoisotopic (exact) mass is 546 g/mol. The summed E-state index contributed by atoms with van der Waals surface area (Å²) in [5, 5.41) is 5.87. The summed E-state index contributed by atoms with van der Waals surface area (Å²) >= 11 is 0. The Balaban J connectivity index is 1.46. The summed E-state index contributed by atoms with van der Waals surface area (Å²) in [4.78, 5) is 35.4. The van der Waals surface area contributed by atoms with E-state index in [2.05, 4.69) is 42.7 Å². The highest BCUT2D eigenvalue weighted by Gasteiger charge is 2.51. The molecule has 0 aromatic heterocycles. The molecule has 8 atom stereocenters. The maximum Gasteiger partial charge on any atom is 0.303 e. The van der Waals surface area contributed by atoms with E-state index in [4.69, 9.17) is 18.9 Å². The number of hydrogen-bond acceptors (Lipinski definition) is 7. The van der Waals surface area contributed by atoms with Crippen LogP contribution in [0.25, 0.3) is 0 Å². The Labute approximate surface area is 232 Å². The number of allylic oxidation sites excluding steroid dienone is 2. The Hall–Kier alpha value is -2.49. The third kappa shape index (κ3) is 10.2. The zero-order valence-electron chi connectivity index (χ0n) is 24.2. The molecule has 1 spiro atoms. The molecule has 3 heterocycles. The van der Waals surface area contributed by atoms with Crippen molar-refractivity contribution in [1.82, 2.24) is 10.6 Å². The Morgan fingerprint density at radius 3 is 2.54 bits per heavy atom. The molecule has 0 unspecified atom stereocenters. The molecule has 39 heavy (non-hydrogen) atoms. The number of rotatable bonds is 11. The highest BCUT2D eigenvalue weighted by Crippen LogP contribution is 2.43. The van der Waals surface area contributed by atoms with Crippen LogP contribution in [-0.4, -0.2) is 73.1 Å². The normalized spacial score (nSPS) is 33.7. The predicted molar refractivity (Wildman–Crippen MR) is 148 cm³/mol. The molecule has 218 valence electrons. The average molecular weight is 547 g/mol. The van der Waals surface area contributed by atoms with Gasteiger partial charge in [-0.25, -0.2) is 0 Å². The van der Waals surface area contributed by atoms with Gasteiger partial charge in [-0.2, -0.15) is 0 Å². The summed E-state index contributed by atoms with van der Waals surface area (Å²) in [5.41, 5.74) is 0.993. The van der Waals surface area contributed by atoms with E-state index in [1.54, 1.807) is 13.0 Å². The third-order valence-electron chi connectivity index (χ3n) is 7.54. The maximum absolute atomic E-state index is 12.3. The van der Waals surface area contributed by atoms with Gasteiger partial charge in [-0.05, 0) is 52.5 Å². The van der Waals surface area contributed by atoms with Crippen molar-refractivity contribution in [2.24, 2.45) is 5.92 Å². The summed E-state index contributed by atoms with van der Waals surface area (Å²) in [6, 6.07) is -0.0878. The first-order valence-corrected chi connectivity index (χ1v) is 14.2. The molecule has 0 aromatic carbocycles. The summed E-state index contributed by atoms with van der Waals surface area (Å²) < 4.78 is 23.2. The second kappa shape index (κ2) is 14.2. The lowest BCUT2D eigenvalue weighted by atomic mass is 9.88. The van der Waals surface area contributed by atoms with Crippen LogP contribution in [0.1, 0.15) is 73.6 Å². The quantitative estimate of drug-likeness (QED) is 0.176. The fraction of sp³-hybridized carbons (Fsp3) is 0.700. The van der Waals surface area contributed by atoms with Crippen LogP contribution in [0.3, 0.4) is 0 Å². The van der Waals surface area contributed by atoms with E-state index in [0.717, 1.165) is 37.9 Å². The Bertz CT molecular complexity index is 955. The van der Waals surface area contributed by atoms with Gasteiger partial charge in [0.05, 0.1) is 49.1 Å². The van der Waals surface area contributed by atoms with Gasteiger partial charge in [0.25, 0.3) is 0 Å². The standard InChI is InChI=1S/C30H46N2O7/c1-7-31-29(35)15-25-17-30(18-36-30)16-24(39-25)11-8-19(2)9-12-27-20(3)14-26(22(5)38-27)32-28(34)13-10-21(4)37-23(6)33/h8-11,13,20-22,24-27H,7,12,14-18H2,1-6H3,(H,31,35)(H,32,34)/b11-8+,13-10-,19-9+/t20-,21-,22+,24+,25+,26+,27-,30+/m0/s1.